The van der Waals surface area contributed by atoms with E-state index in [-0.39, 0.29) is 29.3 Å². The maximum Gasteiger partial charge on any atom is 0.250 e. The molecular formula is C24H30N4O4S. The number of nitrogens with one attached hydrogen (secondary N) is 1. The van der Waals surface area contributed by atoms with Crippen molar-refractivity contribution in [1.29, 1.82) is 0 Å². The first-order chi connectivity index (χ1) is 15.6. The van der Waals surface area contributed by atoms with Crippen LogP contribution in [-0.2, 0) is 19.6 Å². The number of fused-ring (bicyclic) bond motifs is 3. The van der Waals surface area contributed by atoms with Crippen LogP contribution in [0.1, 0.15) is 30.4 Å². The van der Waals surface area contributed by atoms with Crippen molar-refractivity contribution in [3.8, 4) is 0 Å². The number of hydrogen-bond acceptors (Lipinski definition) is 5. The first-order valence-electron chi connectivity index (χ1n) is 11.1. The van der Waals surface area contributed by atoms with Gasteiger partial charge in [-0.15, -0.1) is 0 Å². The number of piperidine rings is 1. The number of nitrogens with zero attached hydrogens (tertiary/aromatic N) is 3. The van der Waals surface area contributed by atoms with E-state index in [1.807, 2.05) is 36.9 Å². The molecule has 2 aromatic carbocycles. The van der Waals surface area contributed by atoms with Crippen molar-refractivity contribution < 1.29 is 18.0 Å². The number of carbonyl (C=O) groups excluding carboxylic acids is 2. The minimum absolute atomic E-state index is 0.0917. The van der Waals surface area contributed by atoms with Gasteiger partial charge in [-0.05, 0) is 74.6 Å². The van der Waals surface area contributed by atoms with E-state index in [2.05, 4.69) is 5.32 Å². The Morgan fingerprint density at radius 1 is 1.06 bits per heavy atom. The molecule has 9 heteroatoms. The molecule has 1 atom stereocenters. The summed E-state index contributed by atoms with van der Waals surface area (Å²) < 4.78 is 26.6. The quantitative estimate of drug-likeness (QED) is 0.726. The fraction of sp³-hybridized carbons (Fsp3) is 0.417. The molecular weight excluding hydrogens is 440 g/mol. The van der Waals surface area contributed by atoms with Gasteiger partial charge < -0.3 is 10.2 Å². The highest BCUT2D eigenvalue weighted by Crippen LogP contribution is 2.40. The van der Waals surface area contributed by atoms with Crippen LogP contribution in [0.4, 0.5) is 17.1 Å². The van der Waals surface area contributed by atoms with Crippen LogP contribution in [0.3, 0.4) is 0 Å². The molecule has 2 aromatic rings. The molecule has 4 rings (SSSR count). The van der Waals surface area contributed by atoms with Gasteiger partial charge in [0, 0.05) is 26.3 Å². The maximum absolute atomic E-state index is 13.4. The molecule has 0 radical (unpaired) electrons. The van der Waals surface area contributed by atoms with Gasteiger partial charge in [0.2, 0.25) is 21.8 Å². The average molecular weight is 471 g/mol. The third-order valence-corrected chi connectivity index (χ3v) is 8.28. The standard InChI is InChI=1S/C24H30N4O4S/c1-16-8-9-18(13-17(16)2)25-23(29)15-28-22-14-19(33(31,32)26(3)4)10-11-20(22)27-12-6-5-7-21(27)24(28)30/h8-11,13-14,21H,5-7,12,15H2,1-4H3,(H,25,29)/t21-/m0/s1. The topological polar surface area (TPSA) is 90.0 Å². The highest BCUT2D eigenvalue weighted by Gasteiger charge is 2.40. The van der Waals surface area contributed by atoms with Crippen LogP contribution in [-0.4, -0.2) is 57.8 Å². The summed E-state index contributed by atoms with van der Waals surface area (Å²) in [5.41, 5.74) is 4.09. The number of rotatable bonds is 5. The second-order valence-electron chi connectivity index (χ2n) is 8.91. The molecule has 2 aliphatic heterocycles. The highest BCUT2D eigenvalue weighted by atomic mass is 32.2. The van der Waals surface area contributed by atoms with Crippen LogP contribution in [0.5, 0.6) is 0 Å². The molecule has 2 heterocycles. The molecule has 0 aliphatic carbocycles. The van der Waals surface area contributed by atoms with Crippen molar-refractivity contribution in [2.24, 2.45) is 0 Å². The smallest absolute Gasteiger partial charge is 0.250 e. The molecule has 0 aromatic heterocycles. The Balaban J connectivity index is 1.70. The number of carbonyl (C=O) groups is 2. The van der Waals surface area contributed by atoms with E-state index < -0.39 is 10.0 Å². The zero-order valence-electron chi connectivity index (χ0n) is 19.5. The molecule has 8 nitrogen and oxygen atoms in total. The van der Waals surface area contributed by atoms with Gasteiger partial charge in [-0.3, -0.25) is 14.5 Å². The predicted molar refractivity (Wildman–Crippen MR) is 129 cm³/mol. The largest absolute Gasteiger partial charge is 0.358 e. The molecule has 1 fully saturated rings. The molecule has 0 spiro atoms. The number of amides is 2. The van der Waals surface area contributed by atoms with Crippen LogP contribution in [0.2, 0.25) is 0 Å². The minimum Gasteiger partial charge on any atom is -0.358 e. The van der Waals surface area contributed by atoms with Gasteiger partial charge in [0.15, 0.2) is 0 Å². The number of benzene rings is 2. The van der Waals surface area contributed by atoms with Gasteiger partial charge in [0.25, 0.3) is 0 Å². The van der Waals surface area contributed by atoms with E-state index in [0.717, 1.165) is 40.5 Å². The van der Waals surface area contributed by atoms with Crippen molar-refractivity contribution >= 4 is 38.9 Å². The third kappa shape index (κ3) is 4.35. The Hall–Kier alpha value is -2.91. The van der Waals surface area contributed by atoms with Crippen molar-refractivity contribution in [1.82, 2.24) is 4.31 Å². The molecule has 2 amide bonds. The van der Waals surface area contributed by atoms with Crippen molar-refractivity contribution in [3.05, 3.63) is 47.5 Å². The first kappa shape index (κ1) is 23.3. The summed E-state index contributed by atoms with van der Waals surface area (Å²) in [7, 11) is -0.755. The second-order valence-corrected chi connectivity index (χ2v) is 11.1. The molecule has 1 N–H and O–H groups in total. The van der Waals surface area contributed by atoms with E-state index in [4.69, 9.17) is 0 Å². The lowest BCUT2D eigenvalue weighted by atomic mass is 9.96. The van der Waals surface area contributed by atoms with Gasteiger partial charge in [-0.25, -0.2) is 12.7 Å². The predicted octanol–water partition coefficient (Wildman–Crippen LogP) is 2.90. The highest BCUT2D eigenvalue weighted by molar-refractivity contribution is 7.89. The Labute approximate surface area is 195 Å². The Morgan fingerprint density at radius 2 is 1.82 bits per heavy atom. The van der Waals surface area contributed by atoms with Gasteiger partial charge in [0.1, 0.15) is 12.6 Å². The molecule has 0 saturated carbocycles. The lowest BCUT2D eigenvalue weighted by Gasteiger charge is -2.45. The zero-order chi connectivity index (χ0) is 23.9. The maximum atomic E-state index is 13.4. The summed E-state index contributed by atoms with van der Waals surface area (Å²) in [4.78, 5) is 30.0. The molecule has 0 bridgehead atoms. The molecule has 2 aliphatic rings. The van der Waals surface area contributed by atoms with E-state index in [1.165, 1.54) is 25.1 Å². The summed E-state index contributed by atoms with van der Waals surface area (Å²) in [6, 6.07) is 10.2. The van der Waals surface area contributed by atoms with Gasteiger partial charge in [-0.1, -0.05) is 6.07 Å². The Morgan fingerprint density at radius 3 is 2.52 bits per heavy atom. The summed E-state index contributed by atoms with van der Waals surface area (Å²) in [6.45, 7) is 4.51. The van der Waals surface area contributed by atoms with Crippen LogP contribution in [0.15, 0.2) is 41.3 Å². The van der Waals surface area contributed by atoms with Gasteiger partial charge in [-0.2, -0.15) is 0 Å². The number of anilines is 3. The van der Waals surface area contributed by atoms with Crippen molar-refractivity contribution in [2.45, 2.75) is 44.0 Å². The van der Waals surface area contributed by atoms with Crippen LogP contribution in [0.25, 0.3) is 0 Å². The number of aryl methyl sites for hydroxylation is 2. The number of hydrogen-bond donors (Lipinski definition) is 1. The van der Waals surface area contributed by atoms with Crippen molar-refractivity contribution in [3.63, 3.8) is 0 Å². The minimum atomic E-state index is -3.69. The lowest BCUT2D eigenvalue weighted by Crippen LogP contribution is -2.56. The second kappa shape index (κ2) is 8.79. The fourth-order valence-electron chi connectivity index (χ4n) is 4.44. The van der Waals surface area contributed by atoms with Gasteiger partial charge in [0.05, 0.1) is 16.3 Å². The zero-order valence-corrected chi connectivity index (χ0v) is 20.3. The van der Waals surface area contributed by atoms with Crippen molar-refractivity contribution in [2.75, 3.05) is 42.3 Å². The summed E-state index contributed by atoms with van der Waals surface area (Å²) >= 11 is 0. The first-order valence-corrected chi connectivity index (χ1v) is 12.6. The molecule has 0 unspecified atom stereocenters. The van der Waals surface area contributed by atoms with E-state index in [1.54, 1.807) is 12.1 Å². The monoisotopic (exact) mass is 470 g/mol. The van der Waals surface area contributed by atoms with E-state index in [9.17, 15) is 18.0 Å². The van der Waals surface area contributed by atoms with Crippen LogP contribution in [0, 0.1) is 13.8 Å². The normalized spacial score (nSPS) is 18.2. The Kier molecular flexibility index (Phi) is 6.20. The third-order valence-electron chi connectivity index (χ3n) is 6.47. The van der Waals surface area contributed by atoms with E-state index >= 15 is 0 Å². The average Bonchev–Trinajstić information content (AvgIpc) is 2.78. The van der Waals surface area contributed by atoms with Gasteiger partial charge >= 0.3 is 0 Å². The number of sulfonamides is 1. The molecule has 1 saturated heterocycles. The van der Waals surface area contributed by atoms with Crippen LogP contribution < -0.4 is 15.1 Å². The summed E-state index contributed by atoms with van der Waals surface area (Å²) in [6.07, 6.45) is 2.62. The summed E-state index contributed by atoms with van der Waals surface area (Å²) in [5.74, 6) is -0.500. The van der Waals surface area contributed by atoms with Crippen LogP contribution >= 0.6 is 0 Å². The Bertz CT molecular complexity index is 1210. The lowest BCUT2D eigenvalue weighted by molar-refractivity contribution is -0.123. The summed E-state index contributed by atoms with van der Waals surface area (Å²) in [5, 5.41) is 2.87. The van der Waals surface area contributed by atoms with E-state index in [0.29, 0.717) is 17.8 Å². The molecule has 33 heavy (non-hydrogen) atoms. The SMILES string of the molecule is Cc1ccc(NC(=O)CN2C(=O)[C@@H]3CCCCN3c3ccc(S(=O)(=O)N(C)C)cc32)cc1C. The molecule has 176 valence electrons. The fourth-order valence-corrected chi connectivity index (χ4v) is 5.36.